The second kappa shape index (κ2) is 14.3. The fourth-order valence-electron chi connectivity index (χ4n) is 4.82. The molecule has 1 aliphatic rings. The summed E-state index contributed by atoms with van der Waals surface area (Å²) in [7, 11) is 0. The number of benzene rings is 1. The van der Waals surface area contributed by atoms with E-state index in [1.54, 1.807) is 30.0 Å². The van der Waals surface area contributed by atoms with Crippen molar-refractivity contribution in [1.29, 1.82) is 0 Å². The van der Waals surface area contributed by atoms with Crippen molar-refractivity contribution in [3.05, 3.63) is 41.5 Å². The second-order valence-corrected chi connectivity index (χ2v) is 10.6. The van der Waals surface area contributed by atoms with Crippen LogP contribution in [0.5, 0.6) is 5.75 Å². The van der Waals surface area contributed by atoms with Crippen LogP contribution in [-0.4, -0.2) is 71.6 Å². The van der Waals surface area contributed by atoms with Gasteiger partial charge in [-0.3, -0.25) is 14.4 Å². The van der Waals surface area contributed by atoms with Gasteiger partial charge in [0.2, 0.25) is 29.3 Å². The topological polar surface area (TPSA) is 124 Å². The van der Waals surface area contributed by atoms with Gasteiger partial charge in [-0.25, -0.2) is 0 Å². The average molecular weight is 565 g/mol. The van der Waals surface area contributed by atoms with Gasteiger partial charge in [0.25, 0.3) is 0 Å². The molecule has 1 saturated heterocycles. The van der Waals surface area contributed by atoms with Gasteiger partial charge in [-0.05, 0) is 36.3 Å². The molecule has 2 atom stereocenters. The molecular formula is C28H38F2N4O6. The second-order valence-electron chi connectivity index (χ2n) is 10.6. The lowest BCUT2D eigenvalue weighted by atomic mass is 9.76. The SMILES string of the molecule is CCc1nc(C(=O)[C@H](CC)NC(=O)[C@@H](CC(=O)N2CCOCC2)CC(C)(C)Cc2ccccc2OC(F)F)no1. The molecule has 1 N–H and O–H groups in total. The number of hydrogen-bond acceptors (Lipinski definition) is 8. The molecule has 12 heteroatoms. The van der Waals surface area contributed by atoms with E-state index in [0.29, 0.717) is 50.6 Å². The van der Waals surface area contributed by atoms with Gasteiger partial charge in [0.05, 0.1) is 19.3 Å². The Labute approximate surface area is 232 Å². The van der Waals surface area contributed by atoms with Crippen LogP contribution in [0.25, 0.3) is 0 Å². The predicted molar refractivity (Wildman–Crippen MR) is 141 cm³/mol. The standard InChI is InChI=1S/C28H38F2N4O6/c1-5-20(24(36)25-32-22(6-2)40-33-25)31-26(37)19(15-23(35)34-11-13-38-14-12-34)17-28(3,4)16-18-9-7-8-10-21(18)39-27(29)30/h7-10,19-20,27H,5-6,11-17H2,1-4H3,(H,31,37)/t19-,20-/m0/s1. The molecule has 1 fully saturated rings. The summed E-state index contributed by atoms with van der Waals surface area (Å²) in [5.74, 6) is -1.63. The van der Waals surface area contributed by atoms with Crippen molar-refractivity contribution in [2.24, 2.45) is 11.3 Å². The van der Waals surface area contributed by atoms with Crippen LogP contribution in [0.4, 0.5) is 8.78 Å². The Bertz CT molecular complexity index is 1150. The van der Waals surface area contributed by atoms with Crippen molar-refractivity contribution >= 4 is 17.6 Å². The van der Waals surface area contributed by atoms with Crippen molar-refractivity contribution in [3.8, 4) is 5.75 Å². The first-order valence-electron chi connectivity index (χ1n) is 13.6. The first-order valence-corrected chi connectivity index (χ1v) is 13.6. The number of hydrogen-bond donors (Lipinski definition) is 1. The number of aromatic nitrogens is 2. The normalized spacial score (nSPS) is 15.5. The number of carbonyl (C=O) groups is 3. The summed E-state index contributed by atoms with van der Waals surface area (Å²) in [4.78, 5) is 45.6. The number of nitrogens with one attached hydrogen (secondary N) is 1. The van der Waals surface area contributed by atoms with Crippen LogP contribution in [0.15, 0.2) is 28.8 Å². The predicted octanol–water partition coefficient (Wildman–Crippen LogP) is 3.84. The average Bonchev–Trinajstić information content (AvgIpc) is 3.41. The maximum atomic E-state index is 13.6. The van der Waals surface area contributed by atoms with Crippen molar-refractivity contribution in [2.75, 3.05) is 26.3 Å². The van der Waals surface area contributed by atoms with Crippen LogP contribution in [0, 0.1) is 11.3 Å². The summed E-state index contributed by atoms with van der Waals surface area (Å²) < 4.78 is 41.0. The van der Waals surface area contributed by atoms with E-state index in [0.717, 1.165) is 0 Å². The number of Topliss-reactive ketones (excluding diaryl/α,β-unsaturated/α-hetero) is 1. The zero-order valence-corrected chi connectivity index (χ0v) is 23.5. The van der Waals surface area contributed by atoms with Crippen LogP contribution >= 0.6 is 0 Å². The summed E-state index contributed by atoms with van der Waals surface area (Å²) in [5.41, 5.74) is -0.0264. The van der Waals surface area contributed by atoms with E-state index in [2.05, 4.69) is 15.5 Å². The highest BCUT2D eigenvalue weighted by Gasteiger charge is 2.34. The zero-order chi connectivity index (χ0) is 29.3. The van der Waals surface area contributed by atoms with E-state index >= 15 is 0 Å². The highest BCUT2D eigenvalue weighted by Crippen LogP contribution is 2.35. The zero-order valence-electron chi connectivity index (χ0n) is 23.5. The van der Waals surface area contributed by atoms with Crippen LogP contribution < -0.4 is 10.1 Å². The minimum Gasteiger partial charge on any atom is -0.435 e. The molecule has 220 valence electrons. The Kier molecular flexibility index (Phi) is 11.1. The molecule has 1 aromatic carbocycles. The lowest BCUT2D eigenvalue weighted by Crippen LogP contribution is -2.47. The summed E-state index contributed by atoms with van der Waals surface area (Å²) in [5, 5.41) is 6.52. The van der Waals surface area contributed by atoms with Gasteiger partial charge in [0.15, 0.2) is 0 Å². The first kappa shape index (κ1) is 31.1. The van der Waals surface area contributed by atoms with Crippen molar-refractivity contribution in [3.63, 3.8) is 0 Å². The van der Waals surface area contributed by atoms with E-state index in [1.807, 2.05) is 20.8 Å². The molecule has 0 radical (unpaired) electrons. The molecule has 0 spiro atoms. The summed E-state index contributed by atoms with van der Waals surface area (Å²) in [6, 6.07) is 5.62. The minimum atomic E-state index is -2.97. The number of alkyl halides is 2. The van der Waals surface area contributed by atoms with Gasteiger partial charge in [0.1, 0.15) is 5.75 Å². The van der Waals surface area contributed by atoms with Gasteiger partial charge >= 0.3 is 6.61 Å². The fourth-order valence-corrected chi connectivity index (χ4v) is 4.82. The van der Waals surface area contributed by atoms with Crippen molar-refractivity contribution in [2.45, 2.75) is 72.5 Å². The molecule has 0 unspecified atom stereocenters. The van der Waals surface area contributed by atoms with Gasteiger partial charge in [-0.1, -0.05) is 51.1 Å². The highest BCUT2D eigenvalue weighted by molar-refractivity contribution is 5.99. The van der Waals surface area contributed by atoms with Gasteiger partial charge in [-0.15, -0.1) is 0 Å². The van der Waals surface area contributed by atoms with Crippen LogP contribution in [0.1, 0.15) is 69.0 Å². The summed E-state index contributed by atoms with van der Waals surface area (Å²) >= 11 is 0. The molecule has 1 aromatic heterocycles. The van der Waals surface area contributed by atoms with Gasteiger partial charge < -0.3 is 24.2 Å². The molecule has 2 heterocycles. The molecule has 0 bridgehead atoms. The number of nitrogens with zero attached hydrogens (tertiary/aromatic N) is 3. The highest BCUT2D eigenvalue weighted by atomic mass is 19.3. The lowest BCUT2D eigenvalue weighted by Gasteiger charge is -2.32. The largest absolute Gasteiger partial charge is 0.435 e. The molecule has 2 aromatic rings. The lowest BCUT2D eigenvalue weighted by molar-refractivity contribution is -0.140. The number of ketones is 1. The van der Waals surface area contributed by atoms with Gasteiger partial charge in [0, 0.05) is 31.8 Å². The fraction of sp³-hybridized carbons (Fsp3) is 0.607. The van der Waals surface area contributed by atoms with Crippen LogP contribution in [0.2, 0.25) is 0 Å². The van der Waals surface area contributed by atoms with Crippen molar-refractivity contribution in [1.82, 2.24) is 20.4 Å². The molecule has 10 nitrogen and oxygen atoms in total. The molecule has 40 heavy (non-hydrogen) atoms. The number of amides is 2. The third kappa shape index (κ3) is 8.80. The molecule has 2 amide bonds. The maximum Gasteiger partial charge on any atom is 0.387 e. The first-order chi connectivity index (χ1) is 19.0. The Balaban J connectivity index is 1.79. The number of para-hydroxylation sites is 1. The van der Waals surface area contributed by atoms with E-state index in [4.69, 9.17) is 14.0 Å². The maximum absolute atomic E-state index is 13.6. The van der Waals surface area contributed by atoms with Crippen molar-refractivity contribution < 1.29 is 37.2 Å². The third-order valence-electron chi connectivity index (χ3n) is 6.84. The van der Waals surface area contributed by atoms with Crippen LogP contribution in [0.3, 0.4) is 0 Å². The Hall–Kier alpha value is -3.41. The smallest absolute Gasteiger partial charge is 0.387 e. The van der Waals surface area contributed by atoms with Crippen LogP contribution in [-0.2, 0) is 27.2 Å². The van der Waals surface area contributed by atoms with E-state index in [9.17, 15) is 23.2 Å². The number of ether oxygens (including phenoxy) is 2. The minimum absolute atomic E-state index is 0.0687. The molecule has 3 rings (SSSR count). The van der Waals surface area contributed by atoms with Gasteiger partial charge in [-0.2, -0.15) is 13.8 Å². The monoisotopic (exact) mass is 564 g/mol. The molecule has 0 saturated carbocycles. The summed E-state index contributed by atoms with van der Waals surface area (Å²) in [6.45, 7) is 6.12. The number of halogens is 2. The van der Waals surface area contributed by atoms with E-state index in [-0.39, 0.29) is 36.7 Å². The summed E-state index contributed by atoms with van der Waals surface area (Å²) in [6.07, 6.45) is 1.26. The van der Waals surface area contributed by atoms with E-state index in [1.165, 1.54) is 6.07 Å². The number of morpholine rings is 1. The number of aryl methyl sites for hydroxylation is 1. The number of carbonyl (C=O) groups excluding carboxylic acids is 3. The van der Waals surface area contributed by atoms with E-state index < -0.39 is 35.7 Å². The number of rotatable bonds is 14. The quantitative estimate of drug-likeness (QED) is 0.344. The Morgan fingerprint density at radius 1 is 1.15 bits per heavy atom. The molecule has 1 aliphatic heterocycles. The Morgan fingerprint density at radius 3 is 2.48 bits per heavy atom. The third-order valence-corrected chi connectivity index (χ3v) is 6.84. The Morgan fingerprint density at radius 2 is 1.85 bits per heavy atom. The molecule has 0 aliphatic carbocycles. The molecular weight excluding hydrogens is 526 g/mol.